The van der Waals surface area contributed by atoms with Gasteiger partial charge in [0.1, 0.15) is 22.4 Å². The van der Waals surface area contributed by atoms with Crippen LogP contribution in [0.5, 0.6) is 0 Å². The predicted octanol–water partition coefficient (Wildman–Crippen LogP) is 3.49. The number of fused-ring (bicyclic) bond motifs is 2. The number of carbonyl (C=O) groups is 1. The molecule has 3 aromatic rings. The number of amides is 1. The molecule has 1 amide bonds. The first-order valence-electron chi connectivity index (χ1n) is 13.8. The van der Waals surface area contributed by atoms with Crippen LogP contribution in [0, 0.1) is 17.3 Å². The lowest BCUT2D eigenvalue weighted by Gasteiger charge is -2.48. The van der Waals surface area contributed by atoms with E-state index in [2.05, 4.69) is 21.4 Å². The first kappa shape index (κ1) is 24.5. The predicted molar refractivity (Wildman–Crippen MR) is 145 cm³/mol. The number of aliphatic hydroxyl groups is 2. The van der Waals surface area contributed by atoms with Crippen LogP contribution in [-0.2, 0) is 15.1 Å². The highest BCUT2D eigenvalue weighted by atomic mass is 32.1. The minimum absolute atomic E-state index is 0.162. The van der Waals surface area contributed by atoms with Crippen LogP contribution in [0.1, 0.15) is 50.3 Å². The van der Waals surface area contributed by atoms with E-state index in [4.69, 9.17) is 9.72 Å². The number of nitrogens with one attached hydrogen (secondary N) is 2. The second kappa shape index (κ2) is 9.01. The van der Waals surface area contributed by atoms with Crippen molar-refractivity contribution >= 4 is 34.0 Å². The highest BCUT2D eigenvalue weighted by Crippen LogP contribution is 2.51. The fourth-order valence-electron chi connectivity index (χ4n) is 7.13. The quantitative estimate of drug-likeness (QED) is 0.393. The summed E-state index contributed by atoms with van der Waals surface area (Å²) in [6, 6.07) is 2.34. The zero-order valence-corrected chi connectivity index (χ0v) is 22.5. The Morgan fingerprint density at radius 1 is 1.18 bits per heavy atom. The van der Waals surface area contributed by atoms with Gasteiger partial charge in [-0.25, -0.2) is 9.97 Å². The highest BCUT2D eigenvalue weighted by molar-refractivity contribution is 7.15. The van der Waals surface area contributed by atoms with E-state index < -0.39 is 11.7 Å². The van der Waals surface area contributed by atoms with Gasteiger partial charge in [0.05, 0.1) is 29.3 Å². The Kier molecular flexibility index (Phi) is 5.81. The fourth-order valence-corrected chi connectivity index (χ4v) is 8.20. The van der Waals surface area contributed by atoms with Crippen LogP contribution in [-0.4, -0.2) is 74.4 Å². The van der Waals surface area contributed by atoms with Crippen molar-refractivity contribution in [3.05, 3.63) is 29.5 Å². The Bertz CT molecular complexity index is 1340. The van der Waals surface area contributed by atoms with Crippen LogP contribution >= 0.6 is 11.3 Å². The van der Waals surface area contributed by atoms with E-state index in [0.29, 0.717) is 11.8 Å². The van der Waals surface area contributed by atoms with Crippen molar-refractivity contribution in [1.29, 1.82) is 0 Å². The molecule has 38 heavy (non-hydrogen) atoms. The van der Waals surface area contributed by atoms with Crippen LogP contribution in [0.4, 0.5) is 5.69 Å². The topological polar surface area (TPSA) is 124 Å². The minimum Gasteiger partial charge on any atom is -0.384 e. The van der Waals surface area contributed by atoms with Gasteiger partial charge in [-0.1, -0.05) is 0 Å². The summed E-state index contributed by atoms with van der Waals surface area (Å²) in [4.78, 5) is 27.7. The molecule has 0 aromatic carbocycles. The van der Waals surface area contributed by atoms with Gasteiger partial charge in [0, 0.05) is 48.5 Å². The summed E-state index contributed by atoms with van der Waals surface area (Å²) >= 11 is 1.57. The van der Waals surface area contributed by atoms with Crippen molar-refractivity contribution in [3.63, 3.8) is 0 Å². The first-order valence-corrected chi connectivity index (χ1v) is 14.6. The minimum atomic E-state index is -0.938. The van der Waals surface area contributed by atoms with Gasteiger partial charge in [-0.15, -0.1) is 11.3 Å². The summed E-state index contributed by atoms with van der Waals surface area (Å²) < 4.78 is 5.46. The monoisotopic (exact) mass is 537 g/mol. The number of hydrogen-bond donors (Lipinski definition) is 4. The summed E-state index contributed by atoms with van der Waals surface area (Å²) in [6.45, 7) is 4.64. The summed E-state index contributed by atoms with van der Waals surface area (Å²) in [5.74, 6) is 0.724. The summed E-state index contributed by atoms with van der Waals surface area (Å²) in [5.41, 5.74) is 2.27. The molecule has 0 radical (unpaired) electrons. The van der Waals surface area contributed by atoms with Gasteiger partial charge in [-0.05, 0) is 63.4 Å². The summed E-state index contributed by atoms with van der Waals surface area (Å²) in [7, 11) is 0. The van der Waals surface area contributed by atoms with E-state index in [1.54, 1.807) is 18.3 Å². The zero-order valence-electron chi connectivity index (χ0n) is 21.7. The SMILES string of the molecule is C[C@H](O)C(=O)N1C[C@H]2CC(Nc3c(-c4ncc(C5(O)CCC6(CC5)COC6)s4)cnc4[nH]ccc34)C[C@H]2C1. The molecule has 9 nitrogen and oxygen atoms in total. The largest absolute Gasteiger partial charge is 0.384 e. The number of hydrogen-bond acceptors (Lipinski definition) is 8. The lowest BCUT2D eigenvalue weighted by atomic mass is 9.67. The molecule has 2 saturated carbocycles. The van der Waals surface area contributed by atoms with Crippen molar-refractivity contribution in [2.75, 3.05) is 31.6 Å². The maximum absolute atomic E-state index is 12.3. The number of carbonyl (C=O) groups excluding carboxylic acids is 1. The van der Waals surface area contributed by atoms with E-state index in [1.165, 1.54) is 0 Å². The van der Waals surface area contributed by atoms with Gasteiger partial charge in [0.15, 0.2) is 0 Å². The van der Waals surface area contributed by atoms with Gasteiger partial charge in [0.25, 0.3) is 5.91 Å². The molecule has 10 heteroatoms. The molecule has 1 spiro atoms. The molecular formula is C28H35N5O4S. The molecule has 4 fully saturated rings. The molecule has 5 heterocycles. The normalized spacial score (nSPS) is 28.4. The third kappa shape index (κ3) is 4.04. The van der Waals surface area contributed by atoms with Crippen molar-refractivity contribution < 1.29 is 19.7 Å². The number of thiazole rings is 1. The van der Waals surface area contributed by atoms with Crippen molar-refractivity contribution in [2.24, 2.45) is 17.3 Å². The number of aliphatic hydroxyl groups excluding tert-OH is 1. The number of H-pyrrole nitrogens is 1. The summed E-state index contributed by atoms with van der Waals surface area (Å²) in [5, 5.41) is 27.0. The smallest absolute Gasteiger partial charge is 0.251 e. The lowest BCUT2D eigenvalue weighted by molar-refractivity contribution is -0.160. The molecule has 3 aromatic heterocycles. The maximum Gasteiger partial charge on any atom is 0.251 e. The van der Waals surface area contributed by atoms with Crippen LogP contribution < -0.4 is 5.32 Å². The molecule has 4 atom stereocenters. The Labute approximate surface area is 225 Å². The number of aromatic amines is 1. The second-order valence-electron chi connectivity index (χ2n) is 12.1. The van der Waals surface area contributed by atoms with E-state index in [0.717, 1.165) is 97.0 Å². The Morgan fingerprint density at radius 2 is 1.92 bits per heavy atom. The van der Waals surface area contributed by atoms with E-state index in [-0.39, 0.29) is 17.4 Å². The second-order valence-corrected chi connectivity index (χ2v) is 13.1. The molecule has 2 saturated heterocycles. The number of pyridine rings is 1. The van der Waals surface area contributed by atoms with Gasteiger partial charge in [0.2, 0.25) is 0 Å². The van der Waals surface area contributed by atoms with Crippen molar-refractivity contribution in [2.45, 2.75) is 63.2 Å². The lowest BCUT2D eigenvalue weighted by Crippen LogP contribution is -2.48. The first-order chi connectivity index (χ1) is 18.3. The molecule has 0 bridgehead atoms. The molecule has 4 N–H and O–H groups in total. The molecule has 1 unspecified atom stereocenters. The Balaban J connectivity index is 1.12. The van der Waals surface area contributed by atoms with Gasteiger partial charge in [-0.2, -0.15) is 0 Å². The Morgan fingerprint density at radius 3 is 2.58 bits per heavy atom. The number of ether oxygens (including phenoxy) is 1. The van der Waals surface area contributed by atoms with Gasteiger partial charge >= 0.3 is 0 Å². The molecule has 2 aliphatic heterocycles. The van der Waals surface area contributed by atoms with Crippen LogP contribution in [0.2, 0.25) is 0 Å². The number of aromatic nitrogens is 3. The van der Waals surface area contributed by atoms with E-state index in [9.17, 15) is 15.0 Å². The summed E-state index contributed by atoms with van der Waals surface area (Å²) in [6.07, 6.45) is 10.2. The van der Waals surface area contributed by atoms with Crippen molar-refractivity contribution in [3.8, 4) is 10.6 Å². The molecular weight excluding hydrogens is 502 g/mol. The average molecular weight is 538 g/mol. The van der Waals surface area contributed by atoms with E-state index >= 15 is 0 Å². The van der Waals surface area contributed by atoms with Crippen molar-refractivity contribution in [1.82, 2.24) is 19.9 Å². The fraction of sp³-hybridized carbons (Fsp3) is 0.607. The van der Waals surface area contributed by atoms with Gasteiger partial charge < -0.3 is 30.2 Å². The number of likely N-dealkylation sites (tertiary alicyclic amines) is 1. The molecule has 202 valence electrons. The maximum atomic E-state index is 12.3. The standard InChI is InChI=1S/C28H35N5O4S/c1-16(34)26(35)33-12-17-8-19(9-18(17)13-33)32-23-20-2-7-29-24(20)30-10-21(23)25-31-11-22(38-25)28(36)5-3-27(4-6-28)14-37-15-27/h2,7,10-11,16-19,34,36H,3-6,8-9,12-15H2,1H3,(H2,29,30,32)/t16-,17-,18+,19?/m0/s1. The Hall–Kier alpha value is -2.53. The number of anilines is 1. The number of rotatable bonds is 5. The van der Waals surface area contributed by atoms with Crippen LogP contribution in [0.3, 0.4) is 0 Å². The third-order valence-corrected chi connectivity index (χ3v) is 10.7. The molecule has 4 aliphatic rings. The van der Waals surface area contributed by atoms with Crippen LogP contribution in [0.25, 0.3) is 21.6 Å². The van der Waals surface area contributed by atoms with Crippen LogP contribution in [0.15, 0.2) is 24.7 Å². The molecule has 2 aliphatic carbocycles. The average Bonchev–Trinajstić information content (AvgIpc) is 3.66. The van der Waals surface area contributed by atoms with E-state index in [1.807, 2.05) is 23.5 Å². The zero-order chi connectivity index (χ0) is 26.1. The van der Waals surface area contributed by atoms with Gasteiger partial charge in [-0.3, -0.25) is 4.79 Å². The third-order valence-electron chi connectivity index (χ3n) is 9.50. The number of nitrogens with zero attached hydrogens (tertiary/aromatic N) is 3. The highest BCUT2D eigenvalue weighted by Gasteiger charge is 2.47. The molecule has 7 rings (SSSR count).